The Morgan fingerprint density at radius 2 is 1.96 bits per heavy atom. The second kappa shape index (κ2) is 6.29. The Morgan fingerprint density at radius 3 is 2.77 bits per heavy atom. The standard InChI is InChI=1S/C20H20FN5/c21-17-3-5-18(6-4-17)26-12-14(9-23-26)11-25-8-7-19-16(13-25)10-22-20(24-19)15-1-2-15/h3-6,9-10,12,15H,1-2,7-8,11,13H2. The summed E-state index contributed by atoms with van der Waals surface area (Å²) >= 11 is 0. The molecule has 26 heavy (non-hydrogen) atoms. The predicted octanol–water partition coefficient (Wildman–Crippen LogP) is 3.24. The molecule has 1 saturated carbocycles. The molecule has 1 aliphatic carbocycles. The van der Waals surface area contributed by atoms with Gasteiger partial charge in [-0.05, 0) is 37.1 Å². The topological polar surface area (TPSA) is 46.8 Å². The van der Waals surface area contributed by atoms with Gasteiger partial charge in [0, 0.05) is 61.2 Å². The van der Waals surface area contributed by atoms with Gasteiger partial charge in [0.05, 0.1) is 11.9 Å². The summed E-state index contributed by atoms with van der Waals surface area (Å²) in [5.74, 6) is 1.41. The molecule has 3 heterocycles. The van der Waals surface area contributed by atoms with E-state index in [1.54, 1.807) is 16.8 Å². The molecule has 1 aromatic carbocycles. The van der Waals surface area contributed by atoms with E-state index in [4.69, 9.17) is 4.98 Å². The molecule has 1 fully saturated rings. The fourth-order valence-corrected chi connectivity index (χ4v) is 3.50. The lowest BCUT2D eigenvalue weighted by atomic mass is 10.1. The van der Waals surface area contributed by atoms with Gasteiger partial charge in [0.1, 0.15) is 11.6 Å². The van der Waals surface area contributed by atoms with Gasteiger partial charge in [-0.15, -0.1) is 0 Å². The van der Waals surface area contributed by atoms with E-state index in [0.717, 1.165) is 43.1 Å². The normalized spacial score (nSPS) is 17.3. The largest absolute Gasteiger partial charge is 0.294 e. The van der Waals surface area contributed by atoms with Gasteiger partial charge in [0.2, 0.25) is 0 Å². The number of aromatic nitrogens is 4. The second-order valence-corrected chi connectivity index (χ2v) is 7.20. The van der Waals surface area contributed by atoms with Crippen molar-refractivity contribution in [3.63, 3.8) is 0 Å². The lowest BCUT2D eigenvalue weighted by molar-refractivity contribution is 0.242. The van der Waals surface area contributed by atoms with Crippen LogP contribution in [0.5, 0.6) is 0 Å². The monoisotopic (exact) mass is 349 g/mol. The highest BCUT2D eigenvalue weighted by atomic mass is 19.1. The molecule has 0 saturated heterocycles. The lowest BCUT2D eigenvalue weighted by Crippen LogP contribution is -2.31. The van der Waals surface area contributed by atoms with E-state index in [9.17, 15) is 4.39 Å². The van der Waals surface area contributed by atoms with Crippen molar-refractivity contribution in [2.75, 3.05) is 6.54 Å². The highest BCUT2D eigenvalue weighted by molar-refractivity contribution is 5.31. The van der Waals surface area contributed by atoms with Crippen LogP contribution in [0.15, 0.2) is 42.9 Å². The molecule has 0 bridgehead atoms. The van der Waals surface area contributed by atoms with Crippen molar-refractivity contribution in [2.45, 2.75) is 38.3 Å². The number of hydrogen-bond acceptors (Lipinski definition) is 4. The van der Waals surface area contributed by atoms with E-state index in [1.807, 2.05) is 18.6 Å². The maximum absolute atomic E-state index is 13.1. The van der Waals surface area contributed by atoms with Gasteiger partial charge in [-0.25, -0.2) is 19.0 Å². The van der Waals surface area contributed by atoms with Crippen LogP contribution < -0.4 is 0 Å². The summed E-state index contributed by atoms with van der Waals surface area (Å²) in [6, 6.07) is 6.37. The summed E-state index contributed by atoms with van der Waals surface area (Å²) in [6.07, 6.45) is 9.36. The fourth-order valence-electron chi connectivity index (χ4n) is 3.50. The highest BCUT2D eigenvalue weighted by Crippen LogP contribution is 2.38. The van der Waals surface area contributed by atoms with Gasteiger partial charge in [-0.1, -0.05) is 0 Å². The summed E-state index contributed by atoms with van der Waals surface area (Å²) in [5, 5.41) is 4.41. The van der Waals surface area contributed by atoms with Crippen molar-refractivity contribution in [1.29, 1.82) is 0 Å². The quantitative estimate of drug-likeness (QED) is 0.725. The number of benzene rings is 1. The Kier molecular flexibility index (Phi) is 3.78. The summed E-state index contributed by atoms with van der Waals surface area (Å²) in [7, 11) is 0. The molecule has 0 N–H and O–H groups in total. The van der Waals surface area contributed by atoms with Crippen molar-refractivity contribution >= 4 is 0 Å². The van der Waals surface area contributed by atoms with Crippen molar-refractivity contribution < 1.29 is 4.39 Å². The third kappa shape index (κ3) is 3.12. The predicted molar refractivity (Wildman–Crippen MR) is 95.3 cm³/mol. The molecule has 2 aromatic heterocycles. The van der Waals surface area contributed by atoms with Gasteiger partial charge in [-0.3, -0.25) is 4.90 Å². The van der Waals surface area contributed by atoms with Gasteiger partial charge < -0.3 is 0 Å². The molecule has 5 nitrogen and oxygen atoms in total. The van der Waals surface area contributed by atoms with Crippen molar-refractivity contribution in [3.05, 3.63) is 71.3 Å². The van der Waals surface area contributed by atoms with Crippen molar-refractivity contribution in [1.82, 2.24) is 24.6 Å². The van der Waals surface area contributed by atoms with Crippen molar-refractivity contribution in [2.24, 2.45) is 0 Å². The minimum atomic E-state index is -0.236. The molecule has 1 aliphatic heterocycles. The lowest BCUT2D eigenvalue weighted by Gasteiger charge is -2.27. The average molecular weight is 349 g/mol. The molecule has 0 unspecified atom stereocenters. The van der Waals surface area contributed by atoms with Gasteiger partial charge in [-0.2, -0.15) is 5.10 Å². The van der Waals surface area contributed by atoms with E-state index in [2.05, 4.69) is 15.0 Å². The third-order valence-corrected chi connectivity index (χ3v) is 5.11. The third-order valence-electron chi connectivity index (χ3n) is 5.11. The number of halogens is 1. The van der Waals surface area contributed by atoms with E-state index in [1.165, 1.54) is 36.2 Å². The molecular formula is C20H20FN5. The van der Waals surface area contributed by atoms with Crippen LogP contribution in [-0.4, -0.2) is 31.2 Å². The molecule has 2 aliphatic rings. The molecule has 0 radical (unpaired) electrons. The number of hydrogen-bond donors (Lipinski definition) is 0. The maximum Gasteiger partial charge on any atom is 0.131 e. The summed E-state index contributed by atoms with van der Waals surface area (Å²) in [4.78, 5) is 11.7. The Morgan fingerprint density at radius 1 is 1.12 bits per heavy atom. The molecule has 5 rings (SSSR count). The second-order valence-electron chi connectivity index (χ2n) is 7.20. The molecule has 6 heteroatoms. The highest BCUT2D eigenvalue weighted by Gasteiger charge is 2.28. The maximum atomic E-state index is 13.1. The van der Waals surface area contributed by atoms with Crippen LogP contribution in [0.2, 0.25) is 0 Å². The minimum absolute atomic E-state index is 0.236. The van der Waals surface area contributed by atoms with E-state index >= 15 is 0 Å². The van der Waals surface area contributed by atoms with Gasteiger partial charge >= 0.3 is 0 Å². The summed E-state index contributed by atoms with van der Waals surface area (Å²) in [6.45, 7) is 2.71. The molecule has 0 atom stereocenters. The van der Waals surface area contributed by atoms with Crippen LogP contribution >= 0.6 is 0 Å². The van der Waals surface area contributed by atoms with Gasteiger partial charge in [0.25, 0.3) is 0 Å². The van der Waals surface area contributed by atoms with Crippen LogP contribution in [0.3, 0.4) is 0 Å². The van der Waals surface area contributed by atoms with Crippen LogP contribution in [0.1, 0.15) is 41.4 Å². The van der Waals surface area contributed by atoms with E-state index < -0.39 is 0 Å². The molecular weight excluding hydrogens is 329 g/mol. The van der Waals surface area contributed by atoms with Crippen LogP contribution in [-0.2, 0) is 19.5 Å². The Balaban J connectivity index is 1.28. The van der Waals surface area contributed by atoms with Crippen LogP contribution in [0, 0.1) is 5.82 Å². The van der Waals surface area contributed by atoms with Crippen molar-refractivity contribution in [3.8, 4) is 5.69 Å². The zero-order valence-electron chi connectivity index (χ0n) is 14.5. The SMILES string of the molecule is Fc1ccc(-n2cc(CN3CCc4nc(C5CC5)ncc4C3)cn2)cc1. The van der Waals surface area contributed by atoms with Crippen LogP contribution in [0.25, 0.3) is 5.69 Å². The molecule has 0 amide bonds. The number of rotatable bonds is 4. The molecule has 3 aromatic rings. The minimum Gasteiger partial charge on any atom is -0.294 e. The smallest absolute Gasteiger partial charge is 0.131 e. The summed E-state index contributed by atoms with van der Waals surface area (Å²) in [5.41, 5.74) is 4.47. The first-order chi connectivity index (χ1) is 12.7. The Bertz CT molecular complexity index is 930. The van der Waals surface area contributed by atoms with Crippen LogP contribution in [0.4, 0.5) is 4.39 Å². The zero-order valence-corrected chi connectivity index (χ0v) is 14.5. The zero-order chi connectivity index (χ0) is 17.5. The number of nitrogens with zero attached hydrogens (tertiary/aromatic N) is 5. The van der Waals surface area contributed by atoms with E-state index in [-0.39, 0.29) is 5.82 Å². The Labute approximate surface area is 151 Å². The molecule has 132 valence electrons. The molecule has 0 spiro atoms. The summed E-state index contributed by atoms with van der Waals surface area (Å²) < 4.78 is 14.9. The first-order valence-electron chi connectivity index (χ1n) is 9.11. The first kappa shape index (κ1) is 15.6. The first-order valence-corrected chi connectivity index (χ1v) is 9.11. The van der Waals surface area contributed by atoms with Gasteiger partial charge in [0.15, 0.2) is 0 Å². The average Bonchev–Trinajstić information content (AvgIpc) is 3.41. The Hall–Kier alpha value is -2.60. The number of fused-ring (bicyclic) bond motifs is 1. The fraction of sp³-hybridized carbons (Fsp3) is 0.350. The van der Waals surface area contributed by atoms with E-state index in [0.29, 0.717) is 5.92 Å².